The molecule has 0 saturated heterocycles. The van der Waals surface area contributed by atoms with Gasteiger partial charge in [-0.05, 0) is 47.4 Å². The lowest BCUT2D eigenvalue weighted by Crippen LogP contribution is -2.46. The number of fused-ring (bicyclic) bond motifs is 1. The van der Waals surface area contributed by atoms with Gasteiger partial charge in [0.2, 0.25) is 15.9 Å². The third kappa shape index (κ3) is 5.37. The number of methoxy groups -OCH3 is 1. The minimum Gasteiger partial charge on any atom is -0.495 e. The highest BCUT2D eigenvalue weighted by Gasteiger charge is 2.34. The molecule has 0 aromatic heterocycles. The van der Waals surface area contributed by atoms with Gasteiger partial charge in [0.1, 0.15) is 5.75 Å². The van der Waals surface area contributed by atoms with E-state index in [9.17, 15) is 13.2 Å². The van der Waals surface area contributed by atoms with Gasteiger partial charge < -0.3 is 10.1 Å². The molecule has 0 heterocycles. The van der Waals surface area contributed by atoms with Crippen molar-refractivity contribution in [1.82, 2.24) is 9.62 Å². The minimum absolute atomic E-state index is 0.0609. The van der Waals surface area contributed by atoms with Crippen LogP contribution >= 0.6 is 11.6 Å². The van der Waals surface area contributed by atoms with E-state index in [-0.39, 0.29) is 28.4 Å². The first-order valence-corrected chi connectivity index (χ1v) is 13.3. The van der Waals surface area contributed by atoms with Crippen molar-refractivity contribution in [3.8, 4) is 5.75 Å². The predicted molar refractivity (Wildman–Crippen MR) is 135 cm³/mol. The van der Waals surface area contributed by atoms with E-state index in [1.54, 1.807) is 0 Å². The molecule has 0 radical (unpaired) electrons. The Hall–Kier alpha value is -2.61. The van der Waals surface area contributed by atoms with Crippen molar-refractivity contribution in [2.45, 2.75) is 49.6 Å². The number of carbonyl (C=O) groups excluding carboxylic acids is 1. The molecule has 3 aromatic rings. The summed E-state index contributed by atoms with van der Waals surface area (Å²) in [5, 5.41) is 5.30. The highest BCUT2D eigenvalue weighted by atomic mass is 35.5. The van der Waals surface area contributed by atoms with E-state index in [0.29, 0.717) is 12.3 Å². The number of ether oxygens (including phenoxy) is 1. The van der Waals surface area contributed by atoms with E-state index in [1.807, 2.05) is 42.5 Å². The molecule has 0 aliphatic heterocycles. The summed E-state index contributed by atoms with van der Waals surface area (Å²) in [5.74, 6) is 0.0688. The molecule has 0 atom stereocenters. The van der Waals surface area contributed by atoms with Gasteiger partial charge >= 0.3 is 0 Å². The van der Waals surface area contributed by atoms with Crippen molar-refractivity contribution in [2.75, 3.05) is 13.7 Å². The molecule has 1 aliphatic rings. The lowest BCUT2D eigenvalue weighted by Gasteiger charge is -2.33. The Morgan fingerprint density at radius 2 is 1.79 bits per heavy atom. The molecule has 0 bridgehead atoms. The van der Waals surface area contributed by atoms with Crippen molar-refractivity contribution in [2.24, 2.45) is 0 Å². The lowest BCUT2D eigenvalue weighted by molar-refractivity contribution is -0.121. The van der Waals surface area contributed by atoms with E-state index in [4.69, 9.17) is 16.3 Å². The Morgan fingerprint density at radius 1 is 1.06 bits per heavy atom. The maximum Gasteiger partial charge on any atom is 0.243 e. The number of carbonyl (C=O) groups is 1. The number of sulfonamides is 1. The molecule has 0 unspecified atom stereocenters. The van der Waals surface area contributed by atoms with Crippen LogP contribution in [-0.4, -0.2) is 38.3 Å². The zero-order valence-corrected chi connectivity index (χ0v) is 20.7. The van der Waals surface area contributed by atoms with Gasteiger partial charge in [-0.3, -0.25) is 4.79 Å². The SMILES string of the molecule is COc1ccc(S(=O)(=O)N(CC(=O)NCc2cccc3ccccc23)C2CCCCC2)cc1Cl. The summed E-state index contributed by atoms with van der Waals surface area (Å²) in [6, 6.07) is 18.1. The Bertz CT molecular complexity index is 1270. The Morgan fingerprint density at radius 3 is 2.53 bits per heavy atom. The maximum absolute atomic E-state index is 13.6. The standard InChI is InChI=1S/C26H29ClN2O4S/c1-33-25-15-14-22(16-24(25)27)34(31,32)29(21-11-3-2-4-12-21)18-26(30)28-17-20-10-7-9-19-8-5-6-13-23(19)20/h5-10,13-16,21H,2-4,11-12,17-18H2,1H3,(H,28,30). The Labute approximate surface area is 205 Å². The van der Waals surface area contributed by atoms with Gasteiger partial charge in [-0.1, -0.05) is 73.3 Å². The first-order valence-electron chi connectivity index (χ1n) is 11.5. The van der Waals surface area contributed by atoms with Crippen LogP contribution in [0.2, 0.25) is 5.02 Å². The van der Waals surface area contributed by atoms with Crippen LogP contribution in [0.1, 0.15) is 37.7 Å². The normalized spacial score (nSPS) is 14.9. The second-order valence-corrected chi connectivity index (χ2v) is 10.9. The Balaban J connectivity index is 1.55. The van der Waals surface area contributed by atoms with Crippen molar-refractivity contribution >= 4 is 38.3 Å². The molecule has 1 amide bonds. The molecule has 34 heavy (non-hydrogen) atoms. The summed E-state index contributed by atoms with van der Waals surface area (Å²) >= 11 is 6.21. The molecule has 6 nitrogen and oxygen atoms in total. The number of amides is 1. The number of nitrogens with zero attached hydrogens (tertiary/aromatic N) is 1. The second kappa shape index (κ2) is 10.8. The molecule has 180 valence electrons. The summed E-state index contributed by atoms with van der Waals surface area (Å²) in [6.07, 6.45) is 4.43. The molecule has 1 N–H and O–H groups in total. The number of halogens is 1. The highest BCUT2D eigenvalue weighted by molar-refractivity contribution is 7.89. The number of hydrogen-bond donors (Lipinski definition) is 1. The van der Waals surface area contributed by atoms with Crippen LogP contribution in [0.15, 0.2) is 65.6 Å². The second-order valence-electron chi connectivity index (χ2n) is 8.55. The van der Waals surface area contributed by atoms with Gasteiger partial charge in [-0.2, -0.15) is 4.31 Å². The highest BCUT2D eigenvalue weighted by Crippen LogP contribution is 2.31. The zero-order valence-electron chi connectivity index (χ0n) is 19.2. The average molecular weight is 501 g/mol. The number of rotatable bonds is 8. The summed E-state index contributed by atoms with van der Waals surface area (Å²) in [4.78, 5) is 13.0. The number of hydrogen-bond acceptors (Lipinski definition) is 4. The fraction of sp³-hybridized carbons (Fsp3) is 0.346. The summed E-state index contributed by atoms with van der Waals surface area (Å²) in [5.41, 5.74) is 0.987. The molecule has 1 saturated carbocycles. The van der Waals surface area contributed by atoms with Crippen LogP contribution in [0, 0.1) is 0 Å². The fourth-order valence-electron chi connectivity index (χ4n) is 4.56. The molecule has 3 aromatic carbocycles. The number of nitrogens with one attached hydrogen (secondary N) is 1. The summed E-state index contributed by atoms with van der Waals surface area (Å²) < 4.78 is 33.7. The van der Waals surface area contributed by atoms with Crippen LogP contribution < -0.4 is 10.1 Å². The monoisotopic (exact) mass is 500 g/mol. The number of benzene rings is 3. The van der Waals surface area contributed by atoms with Crippen LogP contribution in [0.4, 0.5) is 0 Å². The topological polar surface area (TPSA) is 75.7 Å². The van der Waals surface area contributed by atoms with Crippen LogP contribution in [-0.2, 0) is 21.4 Å². The first kappa shape index (κ1) is 24.5. The van der Waals surface area contributed by atoms with Gasteiger partial charge in [-0.15, -0.1) is 0 Å². The smallest absolute Gasteiger partial charge is 0.243 e. The molecular formula is C26H29ClN2O4S. The van der Waals surface area contributed by atoms with Gasteiger partial charge in [0.25, 0.3) is 0 Å². The van der Waals surface area contributed by atoms with E-state index >= 15 is 0 Å². The Kier molecular flexibility index (Phi) is 7.76. The largest absolute Gasteiger partial charge is 0.495 e. The lowest BCUT2D eigenvalue weighted by atomic mass is 9.95. The van der Waals surface area contributed by atoms with Gasteiger partial charge in [-0.25, -0.2) is 8.42 Å². The van der Waals surface area contributed by atoms with Gasteiger partial charge in [0, 0.05) is 12.6 Å². The van der Waals surface area contributed by atoms with Crippen molar-refractivity contribution in [3.05, 3.63) is 71.2 Å². The molecule has 0 spiro atoms. The van der Waals surface area contributed by atoms with Crippen LogP contribution in [0.25, 0.3) is 10.8 Å². The zero-order chi connectivity index (χ0) is 24.1. The molecule has 1 fully saturated rings. The van der Waals surface area contributed by atoms with E-state index < -0.39 is 10.0 Å². The van der Waals surface area contributed by atoms with Gasteiger partial charge in [0.15, 0.2) is 0 Å². The van der Waals surface area contributed by atoms with E-state index in [0.717, 1.165) is 48.4 Å². The van der Waals surface area contributed by atoms with Crippen molar-refractivity contribution < 1.29 is 17.9 Å². The van der Waals surface area contributed by atoms with Crippen LogP contribution in [0.3, 0.4) is 0 Å². The third-order valence-electron chi connectivity index (χ3n) is 6.37. The minimum atomic E-state index is -3.93. The summed E-state index contributed by atoms with van der Waals surface area (Å²) in [6.45, 7) is 0.0918. The third-order valence-corrected chi connectivity index (χ3v) is 8.56. The quantitative estimate of drug-likeness (QED) is 0.464. The van der Waals surface area contributed by atoms with Crippen LogP contribution in [0.5, 0.6) is 5.75 Å². The predicted octanol–water partition coefficient (Wildman–Crippen LogP) is 5.14. The maximum atomic E-state index is 13.6. The molecule has 8 heteroatoms. The first-order chi connectivity index (χ1) is 16.4. The average Bonchev–Trinajstić information content (AvgIpc) is 2.86. The van der Waals surface area contributed by atoms with Crippen molar-refractivity contribution in [3.63, 3.8) is 0 Å². The molecule has 1 aliphatic carbocycles. The van der Waals surface area contributed by atoms with Crippen molar-refractivity contribution in [1.29, 1.82) is 0 Å². The molecule has 4 rings (SSSR count). The fourth-order valence-corrected chi connectivity index (χ4v) is 6.55. The van der Waals surface area contributed by atoms with Gasteiger partial charge in [0.05, 0.1) is 23.6 Å². The van der Waals surface area contributed by atoms with E-state index in [2.05, 4.69) is 5.32 Å². The van der Waals surface area contributed by atoms with E-state index in [1.165, 1.54) is 29.6 Å². The molecular weight excluding hydrogens is 472 g/mol. The summed E-state index contributed by atoms with van der Waals surface area (Å²) in [7, 11) is -2.45.